The molecule has 2 fully saturated rings. The molecule has 1 aliphatic heterocycles. The minimum Gasteiger partial charge on any atom is -0.455 e. The van der Waals surface area contributed by atoms with Gasteiger partial charge in [0.1, 0.15) is 0 Å². The fourth-order valence-electron chi connectivity index (χ4n) is 3.66. The number of esters is 1. The summed E-state index contributed by atoms with van der Waals surface area (Å²) >= 11 is 0. The number of hydrogen-bond donors (Lipinski definition) is 1. The number of likely N-dealkylation sites (tertiary alicyclic amines) is 1. The van der Waals surface area contributed by atoms with Gasteiger partial charge in [0.25, 0.3) is 5.91 Å². The summed E-state index contributed by atoms with van der Waals surface area (Å²) in [6.07, 6.45) is 8.51. The minimum absolute atomic E-state index is 0.0136. The quantitative estimate of drug-likeness (QED) is 0.600. The van der Waals surface area contributed by atoms with Crippen molar-refractivity contribution in [1.82, 2.24) is 10.2 Å². The molecule has 1 aliphatic carbocycles. The first-order chi connectivity index (χ1) is 11.4. The number of carbonyl (C=O) groups is 3. The van der Waals surface area contributed by atoms with E-state index in [1.165, 1.54) is 6.42 Å². The van der Waals surface area contributed by atoms with E-state index in [1.54, 1.807) is 0 Å². The normalized spacial score (nSPS) is 29.9. The molecule has 1 saturated carbocycles. The number of terminal acetylenes is 1. The molecule has 24 heavy (non-hydrogen) atoms. The maximum Gasteiger partial charge on any atom is 0.311 e. The van der Waals surface area contributed by atoms with E-state index >= 15 is 0 Å². The molecule has 0 aromatic heterocycles. The molecule has 1 saturated heterocycles. The molecule has 4 atom stereocenters. The average Bonchev–Trinajstić information content (AvgIpc) is 2.95. The van der Waals surface area contributed by atoms with E-state index in [2.05, 4.69) is 25.1 Å². The van der Waals surface area contributed by atoms with Gasteiger partial charge in [-0.2, -0.15) is 0 Å². The van der Waals surface area contributed by atoms with Gasteiger partial charge >= 0.3 is 5.97 Å². The van der Waals surface area contributed by atoms with E-state index in [9.17, 15) is 14.4 Å². The van der Waals surface area contributed by atoms with E-state index < -0.39 is 17.8 Å². The van der Waals surface area contributed by atoms with Crippen molar-refractivity contribution < 1.29 is 19.1 Å². The van der Waals surface area contributed by atoms with Gasteiger partial charge in [0, 0.05) is 19.0 Å². The van der Waals surface area contributed by atoms with Gasteiger partial charge in [-0.25, -0.2) is 0 Å². The summed E-state index contributed by atoms with van der Waals surface area (Å²) in [5.74, 6) is 1.90. The number of carbonyl (C=O) groups excluding carboxylic acids is 3. The van der Waals surface area contributed by atoms with Crippen LogP contribution in [0.15, 0.2) is 0 Å². The molecule has 6 heteroatoms. The van der Waals surface area contributed by atoms with Crippen molar-refractivity contribution >= 4 is 17.8 Å². The molecular weight excluding hydrogens is 308 g/mol. The second-order valence-electron chi connectivity index (χ2n) is 6.87. The molecule has 0 unspecified atom stereocenters. The van der Waals surface area contributed by atoms with Crippen LogP contribution < -0.4 is 5.32 Å². The van der Waals surface area contributed by atoms with Crippen LogP contribution in [0.2, 0.25) is 0 Å². The number of nitrogens with one attached hydrogen (secondary N) is 1. The van der Waals surface area contributed by atoms with Crippen LogP contribution in [0.25, 0.3) is 0 Å². The molecule has 0 aromatic rings. The smallest absolute Gasteiger partial charge is 0.311 e. The Kier molecular flexibility index (Phi) is 6.24. The average molecular weight is 334 g/mol. The van der Waals surface area contributed by atoms with Gasteiger partial charge in [-0.05, 0) is 18.3 Å². The van der Waals surface area contributed by atoms with Gasteiger partial charge in [-0.1, -0.05) is 32.6 Å². The predicted molar refractivity (Wildman–Crippen MR) is 88.6 cm³/mol. The Bertz CT molecular complexity index is 540. The van der Waals surface area contributed by atoms with Crippen molar-refractivity contribution in [2.45, 2.75) is 45.6 Å². The predicted octanol–water partition coefficient (Wildman–Crippen LogP) is 0.952. The fraction of sp³-hybridized carbons (Fsp3) is 0.722. The zero-order valence-electron chi connectivity index (χ0n) is 14.4. The molecule has 1 N–H and O–H groups in total. The summed E-state index contributed by atoms with van der Waals surface area (Å²) < 4.78 is 5.02. The number of nitrogens with zero attached hydrogens (tertiary/aromatic N) is 1. The number of amides is 2. The van der Waals surface area contributed by atoms with E-state index in [-0.39, 0.29) is 31.5 Å². The summed E-state index contributed by atoms with van der Waals surface area (Å²) in [6.45, 7) is 4.54. The van der Waals surface area contributed by atoms with Crippen molar-refractivity contribution in [2.75, 3.05) is 19.7 Å². The Morgan fingerprint density at radius 3 is 2.83 bits per heavy atom. The van der Waals surface area contributed by atoms with Gasteiger partial charge in [0.05, 0.1) is 12.5 Å². The largest absolute Gasteiger partial charge is 0.455 e. The van der Waals surface area contributed by atoms with E-state index in [0.29, 0.717) is 18.4 Å². The highest BCUT2D eigenvalue weighted by atomic mass is 16.5. The van der Waals surface area contributed by atoms with Crippen LogP contribution in [0.5, 0.6) is 0 Å². The van der Waals surface area contributed by atoms with E-state index in [0.717, 1.165) is 12.8 Å². The van der Waals surface area contributed by atoms with Crippen LogP contribution in [-0.2, 0) is 19.1 Å². The molecule has 6 nitrogen and oxygen atoms in total. The number of ether oxygens (including phenoxy) is 1. The number of rotatable bonds is 5. The third-order valence-corrected chi connectivity index (χ3v) is 5.29. The van der Waals surface area contributed by atoms with Crippen molar-refractivity contribution in [3.63, 3.8) is 0 Å². The van der Waals surface area contributed by atoms with Gasteiger partial charge in [-0.3, -0.25) is 14.4 Å². The first-order valence-electron chi connectivity index (χ1n) is 8.60. The Balaban J connectivity index is 1.86. The zero-order valence-corrected chi connectivity index (χ0v) is 14.4. The molecule has 1 heterocycles. The molecule has 2 rings (SSSR count). The van der Waals surface area contributed by atoms with E-state index in [4.69, 9.17) is 11.2 Å². The third kappa shape index (κ3) is 4.28. The summed E-state index contributed by atoms with van der Waals surface area (Å²) in [6, 6.07) is 0.206. The Morgan fingerprint density at radius 2 is 2.12 bits per heavy atom. The van der Waals surface area contributed by atoms with Crippen LogP contribution in [-0.4, -0.2) is 48.4 Å². The Hall–Kier alpha value is -2.03. The fourth-order valence-corrected chi connectivity index (χ4v) is 3.66. The maximum absolute atomic E-state index is 12.3. The van der Waals surface area contributed by atoms with Gasteiger partial charge in [0.15, 0.2) is 6.61 Å². The molecule has 2 amide bonds. The lowest BCUT2D eigenvalue weighted by molar-refractivity contribution is -0.152. The van der Waals surface area contributed by atoms with Crippen LogP contribution in [0, 0.1) is 30.1 Å². The van der Waals surface area contributed by atoms with Crippen molar-refractivity contribution in [3.8, 4) is 12.3 Å². The SMILES string of the molecule is C#CCNC(=O)COC(=O)[C@@H]1CC(=O)N([C@H]2CCC[C@H](C)[C@H]2C)C1. The van der Waals surface area contributed by atoms with E-state index in [1.807, 2.05) is 4.90 Å². The maximum atomic E-state index is 12.3. The first-order valence-corrected chi connectivity index (χ1v) is 8.60. The topological polar surface area (TPSA) is 75.7 Å². The summed E-state index contributed by atoms with van der Waals surface area (Å²) in [5, 5.41) is 2.43. The molecule has 0 spiro atoms. The van der Waals surface area contributed by atoms with Gasteiger partial charge < -0.3 is 15.0 Å². The second-order valence-corrected chi connectivity index (χ2v) is 6.87. The lowest BCUT2D eigenvalue weighted by Gasteiger charge is -2.39. The van der Waals surface area contributed by atoms with Crippen LogP contribution in [0.3, 0.4) is 0 Å². The lowest BCUT2D eigenvalue weighted by Crippen LogP contribution is -2.45. The minimum atomic E-state index is -0.488. The highest BCUT2D eigenvalue weighted by molar-refractivity contribution is 5.88. The summed E-state index contributed by atoms with van der Waals surface area (Å²) in [7, 11) is 0. The number of hydrogen-bond acceptors (Lipinski definition) is 4. The zero-order chi connectivity index (χ0) is 17.7. The Labute approximate surface area is 143 Å². The molecule has 132 valence electrons. The van der Waals surface area contributed by atoms with Gasteiger partial charge in [-0.15, -0.1) is 6.42 Å². The first kappa shape index (κ1) is 18.3. The second kappa shape index (κ2) is 8.18. The standard InChI is InChI=1S/C18H26N2O4/c1-4-8-19-16(21)11-24-18(23)14-9-17(22)20(10-14)15-7-5-6-12(2)13(15)3/h1,12-15H,5-11H2,2-3H3,(H,19,21)/t12-,13+,14+,15-/m0/s1. The van der Waals surface area contributed by atoms with Crippen molar-refractivity contribution in [1.29, 1.82) is 0 Å². The molecule has 0 radical (unpaired) electrons. The Morgan fingerprint density at radius 1 is 1.38 bits per heavy atom. The molecular formula is C18H26N2O4. The van der Waals surface area contributed by atoms with Gasteiger partial charge in [0.2, 0.25) is 5.91 Å². The third-order valence-electron chi connectivity index (χ3n) is 5.29. The monoisotopic (exact) mass is 334 g/mol. The van der Waals surface area contributed by atoms with Crippen molar-refractivity contribution in [3.05, 3.63) is 0 Å². The van der Waals surface area contributed by atoms with Crippen molar-refractivity contribution in [2.24, 2.45) is 17.8 Å². The highest BCUT2D eigenvalue weighted by Gasteiger charge is 2.42. The van der Waals surface area contributed by atoms with Crippen LogP contribution >= 0.6 is 0 Å². The molecule has 2 aliphatic rings. The van der Waals surface area contributed by atoms with Crippen LogP contribution in [0.1, 0.15) is 39.5 Å². The molecule has 0 aromatic carbocycles. The van der Waals surface area contributed by atoms with Crippen LogP contribution in [0.4, 0.5) is 0 Å². The molecule has 0 bridgehead atoms. The highest BCUT2D eigenvalue weighted by Crippen LogP contribution is 2.35. The summed E-state index contributed by atoms with van der Waals surface area (Å²) in [4.78, 5) is 37.7. The lowest BCUT2D eigenvalue weighted by atomic mass is 9.77. The summed E-state index contributed by atoms with van der Waals surface area (Å²) in [5.41, 5.74) is 0.